The van der Waals surface area contributed by atoms with Gasteiger partial charge in [-0.3, -0.25) is 4.79 Å². The fourth-order valence-electron chi connectivity index (χ4n) is 1.19. The number of halogens is 1. The third kappa shape index (κ3) is 3.91. The quantitative estimate of drug-likeness (QED) is 0.894. The van der Waals surface area contributed by atoms with E-state index in [0.29, 0.717) is 10.8 Å². The lowest BCUT2D eigenvalue weighted by Gasteiger charge is -2.13. The summed E-state index contributed by atoms with van der Waals surface area (Å²) in [6.07, 6.45) is 0. The van der Waals surface area contributed by atoms with Gasteiger partial charge in [0.2, 0.25) is 0 Å². The Hall–Kier alpha value is -1.26. The van der Waals surface area contributed by atoms with Crippen LogP contribution in [0.4, 0.5) is 0 Å². The molecule has 1 amide bonds. The molecule has 0 aliphatic rings. The second-order valence-electron chi connectivity index (χ2n) is 4.06. The maximum absolute atomic E-state index is 11.3. The predicted octanol–water partition coefficient (Wildman–Crippen LogP) is 1.83. The number of nitrogens with zero attached hydrogens (tertiary/aromatic N) is 1. The monoisotopic (exact) mass is 256 g/mol. The van der Waals surface area contributed by atoms with Crippen LogP contribution in [0.1, 0.15) is 18.5 Å². The Balaban J connectivity index is 2.70. The Morgan fingerprint density at radius 1 is 1.53 bits per heavy atom. The molecule has 0 bridgehead atoms. The zero-order chi connectivity index (χ0) is 13.0. The lowest BCUT2D eigenvalue weighted by Crippen LogP contribution is -2.27. The molecule has 5 heteroatoms. The first-order valence-electron chi connectivity index (χ1n) is 5.29. The van der Waals surface area contributed by atoms with Crippen LogP contribution in [0, 0.1) is 0 Å². The van der Waals surface area contributed by atoms with Gasteiger partial charge in [0.1, 0.15) is 5.75 Å². The average Bonchev–Trinajstić information content (AvgIpc) is 2.26. The van der Waals surface area contributed by atoms with Gasteiger partial charge in [0.05, 0.1) is 5.02 Å². The zero-order valence-electron chi connectivity index (χ0n) is 10.2. The van der Waals surface area contributed by atoms with Gasteiger partial charge in [0.15, 0.2) is 6.61 Å². The second-order valence-corrected chi connectivity index (χ2v) is 4.46. The molecular formula is C12H17ClN2O2. The maximum Gasteiger partial charge on any atom is 0.259 e. The van der Waals surface area contributed by atoms with Gasteiger partial charge < -0.3 is 15.4 Å². The number of hydrogen-bond acceptors (Lipinski definition) is 3. The van der Waals surface area contributed by atoms with Crippen LogP contribution in [0.3, 0.4) is 0 Å². The van der Waals surface area contributed by atoms with Crippen LogP contribution in [-0.4, -0.2) is 31.5 Å². The van der Waals surface area contributed by atoms with Crippen LogP contribution >= 0.6 is 11.6 Å². The zero-order valence-corrected chi connectivity index (χ0v) is 11.0. The highest BCUT2D eigenvalue weighted by Crippen LogP contribution is 2.27. The number of likely N-dealkylation sites (N-methyl/N-ethyl adjacent to an activating group) is 1. The van der Waals surface area contributed by atoms with Crippen molar-refractivity contribution < 1.29 is 9.53 Å². The fraction of sp³-hybridized carbons (Fsp3) is 0.417. The Morgan fingerprint density at radius 3 is 2.65 bits per heavy atom. The van der Waals surface area contributed by atoms with Crippen molar-refractivity contribution in [2.75, 3.05) is 20.7 Å². The Morgan fingerprint density at radius 2 is 2.18 bits per heavy atom. The smallest absolute Gasteiger partial charge is 0.259 e. The van der Waals surface area contributed by atoms with E-state index >= 15 is 0 Å². The number of benzene rings is 1. The van der Waals surface area contributed by atoms with Crippen molar-refractivity contribution in [2.45, 2.75) is 13.0 Å². The molecule has 0 fully saturated rings. The summed E-state index contributed by atoms with van der Waals surface area (Å²) in [5.41, 5.74) is 6.67. The van der Waals surface area contributed by atoms with Gasteiger partial charge >= 0.3 is 0 Å². The lowest BCUT2D eigenvalue weighted by molar-refractivity contribution is -0.130. The summed E-state index contributed by atoms with van der Waals surface area (Å²) in [4.78, 5) is 12.8. The van der Waals surface area contributed by atoms with E-state index in [-0.39, 0.29) is 18.6 Å². The van der Waals surface area contributed by atoms with Gasteiger partial charge in [-0.15, -0.1) is 0 Å². The second kappa shape index (κ2) is 5.89. The molecule has 1 rings (SSSR count). The summed E-state index contributed by atoms with van der Waals surface area (Å²) in [6, 6.07) is 5.24. The fourth-order valence-corrected chi connectivity index (χ4v) is 1.43. The van der Waals surface area contributed by atoms with Crippen molar-refractivity contribution in [3.63, 3.8) is 0 Å². The van der Waals surface area contributed by atoms with E-state index in [1.54, 1.807) is 26.2 Å². The first kappa shape index (κ1) is 13.8. The van der Waals surface area contributed by atoms with Crippen LogP contribution < -0.4 is 10.5 Å². The van der Waals surface area contributed by atoms with Crippen molar-refractivity contribution in [3.8, 4) is 5.75 Å². The Kier molecular flexibility index (Phi) is 4.78. The molecule has 0 radical (unpaired) electrons. The van der Waals surface area contributed by atoms with Gasteiger partial charge in [-0.25, -0.2) is 0 Å². The highest BCUT2D eigenvalue weighted by Gasteiger charge is 2.09. The molecule has 1 aromatic carbocycles. The first-order chi connectivity index (χ1) is 7.91. The molecule has 4 nitrogen and oxygen atoms in total. The minimum atomic E-state index is -0.114. The van der Waals surface area contributed by atoms with Crippen LogP contribution in [0.25, 0.3) is 0 Å². The van der Waals surface area contributed by atoms with E-state index in [4.69, 9.17) is 22.1 Å². The van der Waals surface area contributed by atoms with Gasteiger partial charge in [0.25, 0.3) is 5.91 Å². The van der Waals surface area contributed by atoms with Crippen molar-refractivity contribution >= 4 is 17.5 Å². The summed E-state index contributed by atoms with van der Waals surface area (Å²) in [5.74, 6) is 0.378. The minimum absolute atomic E-state index is 0.0236. The molecule has 0 spiro atoms. The molecule has 1 aromatic rings. The molecule has 0 saturated heterocycles. The third-order valence-electron chi connectivity index (χ3n) is 2.33. The number of hydrogen-bond donors (Lipinski definition) is 1. The molecule has 1 atom stereocenters. The van der Waals surface area contributed by atoms with Crippen molar-refractivity contribution in [2.24, 2.45) is 5.73 Å². The lowest BCUT2D eigenvalue weighted by atomic mass is 10.1. The van der Waals surface area contributed by atoms with E-state index in [9.17, 15) is 4.79 Å². The van der Waals surface area contributed by atoms with Crippen LogP contribution in [-0.2, 0) is 4.79 Å². The van der Waals surface area contributed by atoms with Crippen LogP contribution in [0.5, 0.6) is 5.75 Å². The SMILES string of the molecule is C[C@@H](N)c1ccc(OCC(=O)N(C)C)c(Cl)c1. The summed E-state index contributed by atoms with van der Waals surface area (Å²) in [5, 5.41) is 0.464. The van der Waals surface area contributed by atoms with E-state index < -0.39 is 0 Å². The molecule has 0 unspecified atom stereocenters. The molecule has 0 heterocycles. The number of amides is 1. The standard InChI is InChI=1S/C12H17ClN2O2/c1-8(14)9-4-5-11(10(13)6-9)17-7-12(16)15(2)3/h4-6,8H,7,14H2,1-3H3/t8-/m1/s1. The van der Waals surface area contributed by atoms with E-state index in [2.05, 4.69) is 0 Å². The Bertz CT molecular complexity index is 405. The molecule has 0 aliphatic heterocycles. The maximum atomic E-state index is 11.3. The van der Waals surface area contributed by atoms with E-state index in [0.717, 1.165) is 5.56 Å². The summed E-state index contributed by atoms with van der Waals surface area (Å²) in [7, 11) is 3.35. The van der Waals surface area contributed by atoms with Crippen molar-refractivity contribution in [1.82, 2.24) is 4.90 Å². The highest BCUT2D eigenvalue weighted by molar-refractivity contribution is 6.32. The number of carbonyl (C=O) groups excluding carboxylic acids is 1. The molecule has 17 heavy (non-hydrogen) atoms. The highest BCUT2D eigenvalue weighted by atomic mass is 35.5. The van der Waals surface area contributed by atoms with E-state index in [1.807, 2.05) is 13.0 Å². The topological polar surface area (TPSA) is 55.6 Å². The van der Waals surface area contributed by atoms with Gasteiger partial charge in [0, 0.05) is 20.1 Å². The number of nitrogens with two attached hydrogens (primary N) is 1. The van der Waals surface area contributed by atoms with Crippen LogP contribution in [0.15, 0.2) is 18.2 Å². The normalized spacial score (nSPS) is 12.1. The predicted molar refractivity (Wildman–Crippen MR) is 68.2 cm³/mol. The minimum Gasteiger partial charge on any atom is -0.482 e. The van der Waals surface area contributed by atoms with Gasteiger partial charge in [-0.05, 0) is 24.6 Å². The Labute approximate surface area is 106 Å². The molecule has 0 aliphatic carbocycles. The molecule has 0 aromatic heterocycles. The average molecular weight is 257 g/mol. The molecule has 0 saturated carbocycles. The van der Waals surface area contributed by atoms with Crippen molar-refractivity contribution in [1.29, 1.82) is 0 Å². The molecule has 94 valence electrons. The largest absolute Gasteiger partial charge is 0.482 e. The third-order valence-corrected chi connectivity index (χ3v) is 2.63. The first-order valence-corrected chi connectivity index (χ1v) is 5.67. The summed E-state index contributed by atoms with van der Waals surface area (Å²) >= 11 is 6.03. The summed E-state index contributed by atoms with van der Waals surface area (Å²) in [6.45, 7) is 1.85. The number of rotatable bonds is 4. The van der Waals surface area contributed by atoms with E-state index in [1.165, 1.54) is 4.90 Å². The van der Waals surface area contributed by atoms with Crippen molar-refractivity contribution in [3.05, 3.63) is 28.8 Å². The number of carbonyl (C=O) groups is 1. The molecular weight excluding hydrogens is 240 g/mol. The van der Waals surface area contributed by atoms with Gasteiger partial charge in [-0.2, -0.15) is 0 Å². The van der Waals surface area contributed by atoms with Crippen LogP contribution in [0.2, 0.25) is 5.02 Å². The summed E-state index contributed by atoms with van der Waals surface area (Å²) < 4.78 is 5.33. The number of ether oxygens (including phenoxy) is 1. The van der Waals surface area contributed by atoms with Gasteiger partial charge in [-0.1, -0.05) is 17.7 Å². The molecule has 2 N–H and O–H groups in total.